The van der Waals surface area contributed by atoms with Crippen LogP contribution in [-0.2, 0) is 0 Å². The molecule has 0 aliphatic carbocycles. The summed E-state index contributed by atoms with van der Waals surface area (Å²) in [5.41, 5.74) is 2.79. The van der Waals surface area contributed by atoms with Gasteiger partial charge in [-0.05, 0) is 6.92 Å². The Morgan fingerprint density at radius 2 is 2.00 bits per heavy atom. The third-order valence-electron chi connectivity index (χ3n) is 1.86. The van der Waals surface area contributed by atoms with Crippen LogP contribution in [0.5, 0.6) is 0 Å². The lowest BCUT2D eigenvalue weighted by atomic mass is 10.2. The number of benzene rings is 1. The van der Waals surface area contributed by atoms with Gasteiger partial charge in [0, 0.05) is 16.6 Å². The number of hydrogen-bond donors (Lipinski definition) is 0. The summed E-state index contributed by atoms with van der Waals surface area (Å²) < 4.78 is 0. The first-order chi connectivity index (χ1) is 6.79. The van der Waals surface area contributed by atoms with Crippen LogP contribution in [0.25, 0.3) is 15.4 Å². The van der Waals surface area contributed by atoms with Crippen molar-refractivity contribution in [1.82, 2.24) is 4.98 Å². The number of aromatic nitrogens is 1. The molecular weight excluding hydrogens is 192 g/mol. The van der Waals surface area contributed by atoms with Crippen LogP contribution in [-0.4, -0.2) is 4.98 Å². The minimum absolute atomic E-state index is 0.669. The third kappa shape index (κ3) is 1.66. The fraction of sp³-hybridized carbons (Fsp3) is 0.0909. The van der Waals surface area contributed by atoms with Crippen molar-refractivity contribution in [2.75, 3.05) is 0 Å². The summed E-state index contributed by atoms with van der Waals surface area (Å²) in [7, 11) is 0. The topological polar surface area (TPSA) is 17.2 Å². The summed E-state index contributed by atoms with van der Waals surface area (Å²) in [5, 5.41) is 3.04. The predicted molar refractivity (Wildman–Crippen MR) is 58.5 cm³/mol. The molecule has 68 valence electrons. The van der Waals surface area contributed by atoms with Gasteiger partial charge in [-0.3, -0.25) is 0 Å². The number of aryl methyl sites for hydroxylation is 1. The summed E-state index contributed by atoms with van der Waals surface area (Å²) in [6.07, 6.45) is 0. The van der Waals surface area contributed by atoms with E-state index in [-0.39, 0.29) is 0 Å². The summed E-state index contributed by atoms with van der Waals surface area (Å²) in [5.74, 6) is 0. The zero-order valence-corrected chi connectivity index (χ0v) is 8.51. The van der Waals surface area contributed by atoms with E-state index in [1.165, 1.54) is 0 Å². The van der Waals surface area contributed by atoms with E-state index in [4.69, 9.17) is 6.57 Å². The monoisotopic (exact) mass is 200 g/mol. The average Bonchev–Trinajstić information content (AvgIpc) is 2.65. The van der Waals surface area contributed by atoms with Gasteiger partial charge >= 0.3 is 0 Å². The molecule has 2 rings (SSSR count). The molecule has 0 spiro atoms. The molecular formula is C11H8N2S. The van der Waals surface area contributed by atoms with Gasteiger partial charge in [0.1, 0.15) is 5.01 Å². The van der Waals surface area contributed by atoms with Crippen molar-refractivity contribution >= 4 is 17.0 Å². The van der Waals surface area contributed by atoms with Crippen LogP contribution < -0.4 is 0 Å². The van der Waals surface area contributed by atoms with E-state index in [2.05, 4.69) is 9.83 Å². The lowest BCUT2D eigenvalue weighted by molar-refractivity contribution is 1.27. The molecule has 0 radical (unpaired) electrons. The Bertz CT molecular complexity index is 477. The molecule has 1 aromatic carbocycles. The molecule has 0 atom stereocenters. The van der Waals surface area contributed by atoms with Crippen molar-refractivity contribution in [2.24, 2.45) is 0 Å². The standard InChI is InChI=1S/C11H8N2S/c1-8-7-14-11(13-8)9-3-5-10(12-2)6-4-9/h3-7H,1H3. The van der Waals surface area contributed by atoms with Crippen molar-refractivity contribution in [3.05, 3.63) is 46.8 Å². The zero-order chi connectivity index (χ0) is 9.97. The van der Waals surface area contributed by atoms with Crippen molar-refractivity contribution in [3.63, 3.8) is 0 Å². The second kappa shape index (κ2) is 3.60. The zero-order valence-electron chi connectivity index (χ0n) is 7.69. The maximum absolute atomic E-state index is 6.83. The maximum Gasteiger partial charge on any atom is 0.187 e. The van der Waals surface area contributed by atoms with Gasteiger partial charge in [0.15, 0.2) is 5.69 Å². The molecule has 3 heteroatoms. The highest BCUT2D eigenvalue weighted by atomic mass is 32.1. The van der Waals surface area contributed by atoms with Gasteiger partial charge in [0.25, 0.3) is 0 Å². The molecule has 0 unspecified atom stereocenters. The van der Waals surface area contributed by atoms with E-state index >= 15 is 0 Å². The van der Waals surface area contributed by atoms with Gasteiger partial charge in [0.2, 0.25) is 0 Å². The highest BCUT2D eigenvalue weighted by molar-refractivity contribution is 7.13. The molecule has 0 aliphatic rings. The largest absolute Gasteiger partial charge is 0.241 e. The van der Waals surface area contributed by atoms with Crippen molar-refractivity contribution in [3.8, 4) is 10.6 Å². The molecule has 0 amide bonds. The van der Waals surface area contributed by atoms with Crippen LogP contribution in [0.15, 0.2) is 29.6 Å². The third-order valence-corrected chi connectivity index (χ3v) is 2.87. The van der Waals surface area contributed by atoms with Crippen LogP contribution in [0.3, 0.4) is 0 Å². The molecule has 0 bridgehead atoms. The van der Waals surface area contributed by atoms with Crippen molar-refractivity contribution < 1.29 is 0 Å². The lowest BCUT2D eigenvalue weighted by Gasteiger charge is -1.95. The first-order valence-electron chi connectivity index (χ1n) is 4.19. The molecule has 2 nitrogen and oxygen atoms in total. The number of nitrogens with zero attached hydrogens (tertiary/aromatic N) is 2. The van der Waals surface area contributed by atoms with Gasteiger partial charge in [0.05, 0.1) is 6.57 Å². The Kier molecular flexibility index (Phi) is 2.30. The highest BCUT2D eigenvalue weighted by Crippen LogP contribution is 2.25. The van der Waals surface area contributed by atoms with Gasteiger partial charge in [-0.25, -0.2) is 9.83 Å². The van der Waals surface area contributed by atoms with Gasteiger partial charge in [-0.2, -0.15) is 0 Å². The van der Waals surface area contributed by atoms with Crippen molar-refractivity contribution in [2.45, 2.75) is 6.92 Å². The molecule has 0 fully saturated rings. The Morgan fingerprint density at radius 3 is 2.50 bits per heavy atom. The lowest BCUT2D eigenvalue weighted by Crippen LogP contribution is -1.75. The van der Waals surface area contributed by atoms with Crippen LogP contribution in [0.4, 0.5) is 5.69 Å². The molecule has 0 N–H and O–H groups in total. The molecule has 2 aromatic rings. The minimum atomic E-state index is 0.669. The molecule has 0 aliphatic heterocycles. The first-order valence-corrected chi connectivity index (χ1v) is 5.07. The molecule has 1 aromatic heterocycles. The van der Waals surface area contributed by atoms with Gasteiger partial charge in [-0.15, -0.1) is 11.3 Å². The number of hydrogen-bond acceptors (Lipinski definition) is 2. The quantitative estimate of drug-likeness (QED) is 0.642. The van der Waals surface area contributed by atoms with Gasteiger partial charge < -0.3 is 0 Å². The summed E-state index contributed by atoms with van der Waals surface area (Å²) >= 11 is 1.63. The summed E-state index contributed by atoms with van der Waals surface area (Å²) in [4.78, 5) is 7.72. The van der Waals surface area contributed by atoms with E-state index < -0.39 is 0 Å². The first kappa shape index (κ1) is 8.92. The van der Waals surface area contributed by atoms with E-state index in [1.807, 2.05) is 36.6 Å². The Labute approximate surface area is 86.7 Å². The van der Waals surface area contributed by atoms with E-state index in [9.17, 15) is 0 Å². The Morgan fingerprint density at radius 1 is 1.29 bits per heavy atom. The van der Waals surface area contributed by atoms with E-state index in [0.29, 0.717) is 5.69 Å². The van der Waals surface area contributed by atoms with Gasteiger partial charge in [-0.1, -0.05) is 24.3 Å². The normalized spacial score (nSPS) is 9.71. The summed E-state index contributed by atoms with van der Waals surface area (Å²) in [6.45, 7) is 8.81. The van der Waals surface area contributed by atoms with E-state index in [0.717, 1.165) is 16.3 Å². The van der Waals surface area contributed by atoms with Crippen LogP contribution in [0.2, 0.25) is 0 Å². The second-order valence-electron chi connectivity index (χ2n) is 2.95. The second-order valence-corrected chi connectivity index (χ2v) is 3.81. The molecule has 1 heterocycles. The molecule has 14 heavy (non-hydrogen) atoms. The highest BCUT2D eigenvalue weighted by Gasteiger charge is 2.01. The fourth-order valence-corrected chi connectivity index (χ4v) is 1.97. The Hall–Kier alpha value is -1.66. The minimum Gasteiger partial charge on any atom is -0.241 e. The van der Waals surface area contributed by atoms with Crippen LogP contribution in [0.1, 0.15) is 5.69 Å². The van der Waals surface area contributed by atoms with Crippen LogP contribution in [0, 0.1) is 13.5 Å². The SMILES string of the molecule is [C-]#[N+]c1ccc(-c2nc(C)cs2)cc1. The predicted octanol–water partition coefficient (Wildman–Crippen LogP) is 3.67. The van der Waals surface area contributed by atoms with Crippen LogP contribution >= 0.6 is 11.3 Å². The number of thiazole rings is 1. The smallest absolute Gasteiger partial charge is 0.187 e. The van der Waals surface area contributed by atoms with Crippen molar-refractivity contribution in [1.29, 1.82) is 0 Å². The fourth-order valence-electron chi connectivity index (χ4n) is 1.17. The number of rotatable bonds is 1. The molecule has 0 saturated heterocycles. The maximum atomic E-state index is 6.83. The summed E-state index contributed by atoms with van der Waals surface area (Å²) in [6, 6.07) is 7.51. The van der Waals surface area contributed by atoms with E-state index in [1.54, 1.807) is 11.3 Å². The average molecular weight is 200 g/mol. The molecule has 0 saturated carbocycles. The Balaban J connectivity index is 2.39.